The summed E-state index contributed by atoms with van der Waals surface area (Å²) in [5, 5.41) is 3.23. The maximum absolute atomic E-state index is 13.6. The number of benzene rings is 2. The number of carbonyl (C=O) groups excluding carboxylic acids is 1. The number of fused-ring (bicyclic) bond motifs is 1. The number of aromatic amines is 1. The highest BCUT2D eigenvalue weighted by molar-refractivity contribution is 5.94. The van der Waals surface area contributed by atoms with Gasteiger partial charge in [0.15, 0.2) is 17.5 Å². The predicted octanol–water partition coefficient (Wildman–Crippen LogP) is 3.18. The van der Waals surface area contributed by atoms with Gasteiger partial charge in [-0.1, -0.05) is 6.07 Å². The summed E-state index contributed by atoms with van der Waals surface area (Å²) in [6.45, 7) is 1.74. The van der Waals surface area contributed by atoms with Crippen molar-refractivity contribution >= 4 is 16.8 Å². The number of rotatable bonds is 3. The summed E-state index contributed by atoms with van der Waals surface area (Å²) < 4.78 is 39.7. The SMILES string of the molecule is Cc1cc2cc(CNC(=O)c3ccc(F)c(F)c3F)ccc2[nH]c1=O. The zero-order chi connectivity index (χ0) is 18.1. The number of aryl methyl sites for hydroxylation is 1. The molecule has 0 saturated heterocycles. The van der Waals surface area contributed by atoms with Gasteiger partial charge >= 0.3 is 0 Å². The third kappa shape index (κ3) is 3.26. The molecular weight excluding hydrogens is 333 g/mol. The van der Waals surface area contributed by atoms with Gasteiger partial charge in [-0.15, -0.1) is 0 Å². The van der Waals surface area contributed by atoms with Crippen molar-refractivity contribution in [2.45, 2.75) is 13.5 Å². The molecule has 7 heteroatoms. The third-order valence-electron chi connectivity index (χ3n) is 3.83. The molecule has 0 atom stereocenters. The fraction of sp³-hybridized carbons (Fsp3) is 0.111. The van der Waals surface area contributed by atoms with Crippen molar-refractivity contribution in [2.75, 3.05) is 0 Å². The van der Waals surface area contributed by atoms with E-state index in [9.17, 15) is 22.8 Å². The summed E-state index contributed by atoms with van der Waals surface area (Å²) in [4.78, 5) is 26.3. The number of pyridine rings is 1. The highest BCUT2D eigenvalue weighted by atomic mass is 19.2. The normalized spacial score (nSPS) is 10.9. The number of nitrogens with one attached hydrogen (secondary N) is 2. The van der Waals surface area contributed by atoms with Crippen molar-refractivity contribution in [3.8, 4) is 0 Å². The van der Waals surface area contributed by atoms with Gasteiger partial charge in [0, 0.05) is 17.6 Å². The predicted molar refractivity (Wildman–Crippen MR) is 86.8 cm³/mol. The van der Waals surface area contributed by atoms with Crippen LogP contribution in [0.1, 0.15) is 21.5 Å². The number of hydrogen-bond acceptors (Lipinski definition) is 2. The Kier molecular flexibility index (Phi) is 4.31. The molecule has 25 heavy (non-hydrogen) atoms. The van der Waals surface area contributed by atoms with E-state index < -0.39 is 28.9 Å². The second-order valence-corrected chi connectivity index (χ2v) is 5.61. The van der Waals surface area contributed by atoms with E-state index in [1.807, 2.05) is 0 Å². The topological polar surface area (TPSA) is 62.0 Å². The molecule has 0 aliphatic carbocycles. The van der Waals surface area contributed by atoms with Gasteiger partial charge in [0.1, 0.15) is 0 Å². The first-order chi connectivity index (χ1) is 11.9. The van der Waals surface area contributed by atoms with Crippen molar-refractivity contribution in [3.63, 3.8) is 0 Å². The Hall–Kier alpha value is -3.09. The second-order valence-electron chi connectivity index (χ2n) is 5.61. The van der Waals surface area contributed by atoms with Crippen molar-refractivity contribution in [1.29, 1.82) is 0 Å². The van der Waals surface area contributed by atoms with Crippen molar-refractivity contribution in [1.82, 2.24) is 10.3 Å². The molecule has 0 aliphatic heterocycles. The van der Waals surface area contributed by atoms with Crippen LogP contribution in [0.4, 0.5) is 13.2 Å². The van der Waals surface area contributed by atoms with Crippen LogP contribution < -0.4 is 10.9 Å². The standard InChI is InChI=1S/C18H13F3N2O2/c1-9-6-11-7-10(2-5-14(11)23-17(9)24)8-22-18(25)12-3-4-13(19)16(21)15(12)20/h2-7H,8H2,1H3,(H,22,25)(H,23,24). The highest BCUT2D eigenvalue weighted by Gasteiger charge is 2.18. The maximum atomic E-state index is 13.6. The molecular formula is C18H13F3N2O2. The molecule has 3 aromatic rings. The van der Waals surface area contributed by atoms with E-state index in [-0.39, 0.29) is 12.1 Å². The van der Waals surface area contributed by atoms with Crippen LogP contribution in [0, 0.1) is 24.4 Å². The second kappa shape index (κ2) is 6.43. The van der Waals surface area contributed by atoms with Gasteiger partial charge in [-0.05, 0) is 48.2 Å². The van der Waals surface area contributed by atoms with E-state index in [4.69, 9.17) is 0 Å². The van der Waals surface area contributed by atoms with Gasteiger partial charge in [0.05, 0.1) is 5.56 Å². The molecule has 0 unspecified atom stereocenters. The van der Waals surface area contributed by atoms with E-state index >= 15 is 0 Å². The van der Waals surface area contributed by atoms with Crippen molar-refractivity contribution < 1.29 is 18.0 Å². The minimum Gasteiger partial charge on any atom is -0.348 e. The third-order valence-corrected chi connectivity index (χ3v) is 3.83. The van der Waals surface area contributed by atoms with Crippen molar-refractivity contribution in [2.24, 2.45) is 0 Å². The molecule has 0 radical (unpaired) electrons. The smallest absolute Gasteiger partial charge is 0.254 e. The molecule has 2 N–H and O–H groups in total. The average Bonchev–Trinajstić information content (AvgIpc) is 2.59. The number of aromatic nitrogens is 1. The van der Waals surface area contributed by atoms with Crippen LogP contribution in [0.3, 0.4) is 0 Å². The molecule has 1 heterocycles. The van der Waals surface area contributed by atoms with Crippen LogP contribution in [0.5, 0.6) is 0 Å². The lowest BCUT2D eigenvalue weighted by Gasteiger charge is -2.08. The number of halogens is 3. The van der Waals surface area contributed by atoms with E-state index in [1.165, 1.54) is 0 Å². The Morgan fingerprint density at radius 3 is 2.60 bits per heavy atom. The number of carbonyl (C=O) groups is 1. The number of hydrogen-bond donors (Lipinski definition) is 2. The molecule has 1 aromatic heterocycles. The van der Waals surface area contributed by atoms with E-state index in [0.29, 0.717) is 22.7 Å². The Morgan fingerprint density at radius 1 is 1.08 bits per heavy atom. The fourth-order valence-electron chi connectivity index (χ4n) is 2.45. The lowest BCUT2D eigenvalue weighted by atomic mass is 10.1. The molecule has 0 saturated carbocycles. The highest BCUT2D eigenvalue weighted by Crippen LogP contribution is 2.16. The zero-order valence-electron chi connectivity index (χ0n) is 13.1. The van der Waals surface area contributed by atoms with Crippen LogP contribution in [0.2, 0.25) is 0 Å². The van der Waals surface area contributed by atoms with E-state index in [2.05, 4.69) is 10.3 Å². The largest absolute Gasteiger partial charge is 0.348 e. The van der Waals surface area contributed by atoms with Gasteiger partial charge in [-0.2, -0.15) is 0 Å². The quantitative estimate of drug-likeness (QED) is 0.716. The van der Waals surface area contributed by atoms with Gasteiger partial charge < -0.3 is 10.3 Å². The summed E-state index contributed by atoms with van der Waals surface area (Å²) in [5.74, 6) is -5.41. The summed E-state index contributed by atoms with van der Waals surface area (Å²) in [6, 6.07) is 8.44. The van der Waals surface area contributed by atoms with E-state index in [1.54, 1.807) is 31.2 Å². The molecule has 1 amide bonds. The van der Waals surface area contributed by atoms with Crippen molar-refractivity contribution in [3.05, 3.63) is 80.9 Å². The summed E-state index contributed by atoms with van der Waals surface area (Å²) in [5.41, 5.74) is 1.16. The Labute approximate surface area is 140 Å². The molecule has 3 rings (SSSR count). The van der Waals surface area contributed by atoms with Crippen LogP contribution in [-0.4, -0.2) is 10.9 Å². The van der Waals surface area contributed by atoms with Gasteiger partial charge in [0.2, 0.25) is 0 Å². The lowest BCUT2D eigenvalue weighted by Crippen LogP contribution is -2.24. The fourth-order valence-corrected chi connectivity index (χ4v) is 2.45. The molecule has 0 fully saturated rings. The molecule has 0 aliphatic rings. The van der Waals surface area contributed by atoms with Gasteiger partial charge in [0.25, 0.3) is 11.5 Å². The van der Waals surface area contributed by atoms with Crippen LogP contribution >= 0.6 is 0 Å². The molecule has 0 bridgehead atoms. The summed E-state index contributed by atoms with van der Waals surface area (Å²) in [6.07, 6.45) is 0. The van der Waals surface area contributed by atoms with E-state index in [0.717, 1.165) is 11.5 Å². The first kappa shape index (κ1) is 16.8. The van der Waals surface area contributed by atoms with Gasteiger partial charge in [-0.3, -0.25) is 9.59 Å². The Balaban J connectivity index is 1.80. The molecule has 2 aromatic carbocycles. The molecule has 128 valence electrons. The molecule has 4 nitrogen and oxygen atoms in total. The Morgan fingerprint density at radius 2 is 1.84 bits per heavy atom. The first-order valence-electron chi connectivity index (χ1n) is 7.41. The zero-order valence-corrected chi connectivity index (χ0v) is 13.1. The monoisotopic (exact) mass is 346 g/mol. The number of amides is 1. The van der Waals surface area contributed by atoms with Crippen LogP contribution in [0.15, 0.2) is 41.2 Å². The Bertz CT molecular complexity index is 1040. The van der Waals surface area contributed by atoms with Crippen LogP contribution in [0.25, 0.3) is 10.9 Å². The minimum atomic E-state index is -1.68. The minimum absolute atomic E-state index is 0.0609. The molecule has 0 spiro atoms. The summed E-state index contributed by atoms with van der Waals surface area (Å²) >= 11 is 0. The lowest BCUT2D eigenvalue weighted by molar-refractivity contribution is 0.0945. The van der Waals surface area contributed by atoms with Gasteiger partial charge in [-0.25, -0.2) is 13.2 Å². The van der Waals surface area contributed by atoms with Crippen LogP contribution in [-0.2, 0) is 6.54 Å². The maximum Gasteiger partial charge on any atom is 0.254 e. The average molecular weight is 346 g/mol. The summed E-state index contributed by atoms with van der Waals surface area (Å²) in [7, 11) is 0. The first-order valence-corrected chi connectivity index (χ1v) is 7.41. The number of H-pyrrole nitrogens is 1.